The van der Waals surface area contributed by atoms with E-state index in [-0.39, 0.29) is 5.91 Å². The summed E-state index contributed by atoms with van der Waals surface area (Å²) in [6, 6.07) is 16.2. The number of anilines is 1. The highest BCUT2D eigenvalue weighted by atomic mass is 32.2. The molecule has 6 nitrogen and oxygen atoms in total. The Hall–Kier alpha value is -2.84. The SMILES string of the molecule is CCOc1cccc2sc(N(CCn3cccn3)C(=O)CCSc3ccc(C)cc3)nc12. The summed E-state index contributed by atoms with van der Waals surface area (Å²) in [4.78, 5) is 21.0. The van der Waals surface area contributed by atoms with Gasteiger partial charge in [-0.25, -0.2) is 4.98 Å². The molecule has 0 aliphatic carbocycles. The first-order valence-electron chi connectivity index (χ1n) is 10.6. The highest BCUT2D eigenvalue weighted by Crippen LogP contribution is 2.34. The summed E-state index contributed by atoms with van der Waals surface area (Å²) in [6.45, 7) is 5.73. The van der Waals surface area contributed by atoms with E-state index in [4.69, 9.17) is 9.72 Å². The molecule has 0 aliphatic heterocycles. The lowest BCUT2D eigenvalue weighted by molar-refractivity contribution is -0.118. The van der Waals surface area contributed by atoms with Crippen molar-refractivity contribution in [1.29, 1.82) is 0 Å². The van der Waals surface area contributed by atoms with Crippen LogP contribution in [-0.2, 0) is 11.3 Å². The third kappa shape index (κ3) is 5.49. The van der Waals surface area contributed by atoms with Crippen LogP contribution in [-0.4, -0.2) is 39.6 Å². The second-order valence-corrected chi connectivity index (χ2v) is 9.44. The molecule has 0 N–H and O–H groups in total. The van der Waals surface area contributed by atoms with Gasteiger partial charge in [0, 0.05) is 36.0 Å². The normalized spacial score (nSPS) is 11.1. The number of thioether (sulfide) groups is 1. The molecule has 2 aromatic heterocycles. The Morgan fingerprint density at radius 1 is 1.19 bits per heavy atom. The van der Waals surface area contributed by atoms with Crippen molar-refractivity contribution < 1.29 is 9.53 Å². The second kappa shape index (κ2) is 10.7. The first kappa shape index (κ1) is 22.4. The van der Waals surface area contributed by atoms with Crippen LogP contribution in [0.5, 0.6) is 5.75 Å². The van der Waals surface area contributed by atoms with Crippen LogP contribution in [0, 0.1) is 6.92 Å². The van der Waals surface area contributed by atoms with Gasteiger partial charge in [-0.3, -0.25) is 14.4 Å². The first-order chi connectivity index (χ1) is 15.6. The van der Waals surface area contributed by atoms with Crippen LogP contribution in [0.25, 0.3) is 10.2 Å². The number of aryl methyl sites for hydroxylation is 1. The lowest BCUT2D eigenvalue weighted by Gasteiger charge is -2.20. The van der Waals surface area contributed by atoms with E-state index in [9.17, 15) is 4.79 Å². The maximum absolute atomic E-state index is 13.3. The zero-order chi connectivity index (χ0) is 22.3. The number of rotatable bonds is 10. The van der Waals surface area contributed by atoms with E-state index < -0.39 is 0 Å². The lowest BCUT2D eigenvalue weighted by atomic mass is 10.2. The molecule has 166 valence electrons. The number of para-hydroxylation sites is 1. The van der Waals surface area contributed by atoms with E-state index in [2.05, 4.69) is 36.3 Å². The number of benzene rings is 2. The van der Waals surface area contributed by atoms with Crippen molar-refractivity contribution in [3.63, 3.8) is 0 Å². The number of hydrogen-bond donors (Lipinski definition) is 0. The van der Waals surface area contributed by atoms with E-state index in [1.54, 1.807) is 22.9 Å². The Balaban J connectivity index is 1.51. The summed E-state index contributed by atoms with van der Waals surface area (Å²) < 4.78 is 8.58. The Kier molecular flexibility index (Phi) is 7.44. The highest BCUT2D eigenvalue weighted by Gasteiger charge is 2.21. The number of aromatic nitrogens is 3. The van der Waals surface area contributed by atoms with Gasteiger partial charge in [0.25, 0.3) is 0 Å². The molecule has 8 heteroatoms. The molecule has 0 aliphatic rings. The molecule has 0 unspecified atom stereocenters. The minimum Gasteiger partial charge on any atom is -0.492 e. The minimum absolute atomic E-state index is 0.0637. The summed E-state index contributed by atoms with van der Waals surface area (Å²) in [6.07, 6.45) is 4.09. The summed E-state index contributed by atoms with van der Waals surface area (Å²) in [5.74, 6) is 1.53. The summed E-state index contributed by atoms with van der Waals surface area (Å²) >= 11 is 3.22. The fourth-order valence-corrected chi connectivity index (χ4v) is 5.15. The van der Waals surface area contributed by atoms with Crippen molar-refractivity contribution in [2.24, 2.45) is 0 Å². The van der Waals surface area contributed by atoms with Gasteiger partial charge in [0.1, 0.15) is 11.3 Å². The predicted octanol–water partition coefficient (Wildman–Crippen LogP) is 5.42. The fraction of sp³-hybridized carbons (Fsp3) is 0.292. The number of thiazole rings is 1. The number of hydrogen-bond acceptors (Lipinski definition) is 6. The largest absolute Gasteiger partial charge is 0.492 e. The smallest absolute Gasteiger partial charge is 0.229 e. The average Bonchev–Trinajstić information content (AvgIpc) is 3.46. The molecule has 0 radical (unpaired) electrons. The van der Waals surface area contributed by atoms with Crippen LogP contribution >= 0.6 is 23.1 Å². The Morgan fingerprint density at radius 3 is 2.78 bits per heavy atom. The van der Waals surface area contributed by atoms with Crippen LogP contribution in [0.15, 0.2) is 65.8 Å². The van der Waals surface area contributed by atoms with Gasteiger partial charge in [-0.1, -0.05) is 35.1 Å². The molecule has 4 aromatic rings. The fourth-order valence-electron chi connectivity index (χ4n) is 3.29. The molecule has 32 heavy (non-hydrogen) atoms. The molecule has 0 saturated carbocycles. The van der Waals surface area contributed by atoms with Gasteiger partial charge in [-0.15, -0.1) is 11.8 Å². The van der Waals surface area contributed by atoms with Gasteiger partial charge in [0.2, 0.25) is 5.91 Å². The van der Waals surface area contributed by atoms with Crippen molar-refractivity contribution in [2.75, 3.05) is 23.8 Å². The van der Waals surface area contributed by atoms with Crippen LogP contribution in [0.4, 0.5) is 5.13 Å². The molecule has 2 heterocycles. The second-order valence-electron chi connectivity index (χ2n) is 7.26. The quantitative estimate of drug-likeness (QED) is 0.292. The van der Waals surface area contributed by atoms with Gasteiger partial charge in [0.05, 0.1) is 17.9 Å². The molecule has 0 atom stereocenters. The third-order valence-electron chi connectivity index (χ3n) is 4.92. The maximum Gasteiger partial charge on any atom is 0.229 e. The molecule has 0 saturated heterocycles. The molecule has 2 aromatic carbocycles. The highest BCUT2D eigenvalue weighted by molar-refractivity contribution is 7.99. The van der Waals surface area contributed by atoms with Crippen molar-refractivity contribution >= 4 is 44.4 Å². The standard InChI is InChI=1S/C24H26N4O2S2/c1-3-30-20-6-4-7-21-23(20)26-24(32-21)28(16-15-27-14-5-13-25-27)22(29)12-17-31-19-10-8-18(2)9-11-19/h4-11,13-14H,3,12,15-17H2,1-2H3. The number of fused-ring (bicyclic) bond motifs is 1. The number of amides is 1. The zero-order valence-electron chi connectivity index (χ0n) is 18.2. The van der Waals surface area contributed by atoms with Crippen molar-refractivity contribution in [3.05, 3.63) is 66.5 Å². The van der Waals surface area contributed by atoms with E-state index in [1.165, 1.54) is 21.8 Å². The Labute approximate surface area is 196 Å². The Morgan fingerprint density at radius 2 is 2.03 bits per heavy atom. The molecule has 4 rings (SSSR count). The number of ether oxygens (including phenoxy) is 1. The van der Waals surface area contributed by atoms with Crippen LogP contribution < -0.4 is 9.64 Å². The topological polar surface area (TPSA) is 60.2 Å². The third-order valence-corrected chi connectivity index (χ3v) is 6.98. The van der Waals surface area contributed by atoms with Gasteiger partial charge in [-0.05, 0) is 44.2 Å². The number of carbonyl (C=O) groups is 1. The predicted molar refractivity (Wildman–Crippen MR) is 132 cm³/mol. The van der Waals surface area contributed by atoms with Crippen LogP contribution in [0.3, 0.4) is 0 Å². The van der Waals surface area contributed by atoms with Gasteiger partial charge in [-0.2, -0.15) is 5.10 Å². The number of carbonyl (C=O) groups excluding carboxylic acids is 1. The van der Waals surface area contributed by atoms with Crippen LogP contribution in [0.1, 0.15) is 18.9 Å². The monoisotopic (exact) mass is 466 g/mol. The maximum atomic E-state index is 13.3. The van der Waals surface area contributed by atoms with Crippen molar-refractivity contribution in [2.45, 2.75) is 31.7 Å². The number of nitrogens with zero attached hydrogens (tertiary/aromatic N) is 4. The van der Waals surface area contributed by atoms with Crippen molar-refractivity contribution in [3.8, 4) is 5.75 Å². The minimum atomic E-state index is 0.0637. The van der Waals surface area contributed by atoms with E-state index >= 15 is 0 Å². The first-order valence-corrected chi connectivity index (χ1v) is 12.4. The average molecular weight is 467 g/mol. The summed E-state index contributed by atoms with van der Waals surface area (Å²) in [5, 5.41) is 4.97. The Bertz CT molecular complexity index is 1160. The lowest BCUT2D eigenvalue weighted by Crippen LogP contribution is -2.34. The van der Waals surface area contributed by atoms with Crippen molar-refractivity contribution in [1.82, 2.24) is 14.8 Å². The van der Waals surface area contributed by atoms with Gasteiger partial charge >= 0.3 is 0 Å². The zero-order valence-corrected chi connectivity index (χ0v) is 19.9. The van der Waals surface area contributed by atoms with Gasteiger partial charge in [0.15, 0.2) is 5.13 Å². The molecular formula is C24H26N4O2S2. The van der Waals surface area contributed by atoms with E-state index in [1.807, 2.05) is 42.1 Å². The van der Waals surface area contributed by atoms with Crippen LogP contribution in [0.2, 0.25) is 0 Å². The molecule has 0 bridgehead atoms. The molecule has 1 amide bonds. The molecular weight excluding hydrogens is 440 g/mol. The summed E-state index contributed by atoms with van der Waals surface area (Å²) in [5.41, 5.74) is 2.04. The summed E-state index contributed by atoms with van der Waals surface area (Å²) in [7, 11) is 0. The van der Waals surface area contributed by atoms with E-state index in [0.29, 0.717) is 31.2 Å². The van der Waals surface area contributed by atoms with E-state index in [0.717, 1.165) is 21.7 Å². The molecule has 0 fully saturated rings. The molecule has 0 spiro atoms. The van der Waals surface area contributed by atoms with Gasteiger partial charge < -0.3 is 4.74 Å².